The molecule has 0 amide bonds. The van der Waals surface area contributed by atoms with Crippen molar-refractivity contribution in [2.24, 2.45) is 5.18 Å². The third kappa shape index (κ3) is 3.58. The summed E-state index contributed by atoms with van der Waals surface area (Å²) in [5.41, 5.74) is 8.57. The van der Waals surface area contributed by atoms with E-state index >= 15 is 0 Å². The number of rotatable bonds is 6. The van der Waals surface area contributed by atoms with Crippen LogP contribution < -0.4 is 0 Å². The van der Waals surface area contributed by atoms with E-state index in [1.165, 1.54) is 0 Å². The number of nitrogens with zero attached hydrogens (tertiary/aromatic N) is 5. The van der Waals surface area contributed by atoms with Gasteiger partial charge in [-0.2, -0.15) is 4.91 Å². The molecule has 0 saturated heterocycles. The van der Waals surface area contributed by atoms with Crippen LogP contribution in [0.25, 0.3) is 33.3 Å². The summed E-state index contributed by atoms with van der Waals surface area (Å²) in [7, 11) is 0. The molecule has 0 unspecified atom stereocenters. The molecule has 0 aliphatic heterocycles. The largest absolute Gasteiger partial charge is 0.361 e. The Morgan fingerprint density at radius 2 is 1.88 bits per heavy atom. The highest BCUT2D eigenvalue weighted by Crippen LogP contribution is 2.34. The second kappa shape index (κ2) is 8.19. The van der Waals surface area contributed by atoms with Gasteiger partial charge >= 0.3 is 0 Å². The minimum absolute atomic E-state index is 0.167. The van der Waals surface area contributed by atoms with Gasteiger partial charge in [-0.25, -0.2) is 0 Å². The molecule has 0 atom stereocenters. The van der Waals surface area contributed by atoms with E-state index in [9.17, 15) is 4.91 Å². The minimum atomic E-state index is 0.167. The number of aromatic nitrogens is 4. The van der Waals surface area contributed by atoms with Crippen molar-refractivity contribution in [3.05, 3.63) is 94.7 Å². The van der Waals surface area contributed by atoms with Crippen LogP contribution in [0.5, 0.6) is 0 Å². The first-order valence-electron chi connectivity index (χ1n) is 10.3. The Morgan fingerprint density at radius 1 is 1.03 bits per heavy atom. The Morgan fingerprint density at radius 3 is 2.56 bits per heavy atom. The summed E-state index contributed by atoms with van der Waals surface area (Å²) in [6.45, 7) is 4.63. The van der Waals surface area contributed by atoms with Crippen molar-refractivity contribution in [1.29, 1.82) is 0 Å². The maximum Gasteiger partial charge on any atom is 0.141 e. The van der Waals surface area contributed by atoms with Crippen LogP contribution in [0.1, 0.15) is 22.7 Å². The molecule has 5 aromatic rings. The minimum Gasteiger partial charge on any atom is -0.361 e. The Labute approximate surface area is 184 Å². The highest BCUT2D eigenvalue weighted by molar-refractivity contribution is 5.95. The standard InChI is InChI=1S/C25H21N5O2/c1-16-24(17(2)32-29-16)20-11-23-25(27-13-20)22(19-8-6-18(7-9-19)12-28-31)15-30(23)14-21-5-3-4-10-26-21/h3-11,13,15H,12,14H2,1-2H3. The van der Waals surface area contributed by atoms with Gasteiger partial charge in [-0.15, -0.1) is 0 Å². The van der Waals surface area contributed by atoms with Crippen molar-refractivity contribution in [2.75, 3.05) is 0 Å². The van der Waals surface area contributed by atoms with Crippen molar-refractivity contribution < 1.29 is 4.52 Å². The predicted octanol–water partition coefficient (Wildman–Crippen LogP) is 5.68. The lowest BCUT2D eigenvalue weighted by molar-refractivity contribution is 0.393. The van der Waals surface area contributed by atoms with Crippen LogP contribution in [0.3, 0.4) is 0 Å². The van der Waals surface area contributed by atoms with Crippen LogP contribution in [0.4, 0.5) is 0 Å². The van der Waals surface area contributed by atoms with Crippen LogP contribution in [0.15, 0.2) is 76.8 Å². The van der Waals surface area contributed by atoms with Gasteiger partial charge in [0, 0.05) is 35.3 Å². The maximum atomic E-state index is 10.6. The molecule has 4 heterocycles. The van der Waals surface area contributed by atoms with E-state index in [-0.39, 0.29) is 6.54 Å². The molecular weight excluding hydrogens is 402 g/mol. The maximum absolute atomic E-state index is 10.6. The van der Waals surface area contributed by atoms with Gasteiger partial charge in [-0.05, 0) is 43.2 Å². The zero-order valence-corrected chi connectivity index (χ0v) is 17.8. The normalized spacial score (nSPS) is 11.2. The molecule has 32 heavy (non-hydrogen) atoms. The summed E-state index contributed by atoms with van der Waals surface area (Å²) in [4.78, 5) is 19.9. The van der Waals surface area contributed by atoms with E-state index in [0.717, 1.165) is 56.0 Å². The monoisotopic (exact) mass is 423 g/mol. The zero-order chi connectivity index (χ0) is 22.1. The first kappa shape index (κ1) is 19.8. The van der Waals surface area contributed by atoms with Gasteiger partial charge in [0.2, 0.25) is 0 Å². The van der Waals surface area contributed by atoms with Crippen molar-refractivity contribution in [3.63, 3.8) is 0 Å². The third-order valence-electron chi connectivity index (χ3n) is 5.61. The quantitative estimate of drug-likeness (QED) is 0.328. The van der Waals surface area contributed by atoms with Gasteiger partial charge in [0.15, 0.2) is 0 Å². The molecule has 0 aliphatic carbocycles. The summed E-state index contributed by atoms with van der Waals surface area (Å²) < 4.78 is 7.54. The summed E-state index contributed by atoms with van der Waals surface area (Å²) in [6, 6.07) is 15.9. The lowest BCUT2D eigenvalue weighted by Gasteiger charge is -2.06. The van der Waals surface area contributed by atoms with E-state index in [1.54, 1.807) is 6.20 Å². The smallest absolute Gasteiger partial charge is 0.141 e. The predicted molar refractivity (Wildman–Crippen MR) is 123 cm³/mol. The SMILES string of the molecule is Cc1noc(C)c1-c1cnc2c(-c3ccc(CN=O)cc3)cn(Cc3ccccn3)c2c1. The lowest BCUT2D eigenvalue weighted by Crippen LogP contribution is -2.00. The molecule has 1 aromatic carbocycles. The Bertz CT molecular complexity index is 1380. The Balaban J connectivity index is 1.66. The fourth-order valence-electron chi connectivity index (χ4n) is 4.07. The molecule has 4 aromatic heterocycles. The number of benzene rings is 1. The number of hydrogen-bond acceptors (Lipinski definition) is 6. The van der Waals surface area contributed by atoms with E-state index in [2.05, 4.69) is 32.1 Å². The van der Waals surface area contributed by atoms with Crippen LogP contribution in [0.2, 0.25) is 0 Å². The van der Waals surface area contributed by atoms with Crippen LogP contribution in [0, 0.1) is 18.8 Å². The molecule has 0 N–H and O–H groups in total. The molecule has 0 aliphatic rings. The number of pyridine rings is 2. The second-order valence-electron chi connectivity index (χ2n) is 7.77. The highest BCUT2D eigenvalue weighted by Gasteiger charge is 2.17. The van der Waals surface area contributed by atoms with Crippen LogP contribution >= 0.6 is 0 Å². The number of nitroso groups, excluding NO2 is 1. The summed E-state index contributed by atoms with van der Waals surface area (Å²) in [5, 5.41) is 7.06. The summed E-state index contributed by atoms with van der Waals surface area (Å²) >= 11 is 0. The number of fused-ring (bicyclic) bond motifs is 1. The van der Waals surface area contributed by atoms with E-state index in [0.29, 0.717) is 6.54 Å². The molecule has 7 heteroatoms. The molecule has 0 fully saturated rings. The topological polar surface area (TPSA) is 86.2 Å². The van der Waals surface area contributed by atoms with Gasteiger partial charge in [-0.3, -0.25) is 9.97 Å². The van der Waals surface area contributed by atoms with Crippen molar-refractivity contribution >= 4 is 11.0 Å². The van der Waals surface area contributed by atoms with Gasteiger partial charge in [0.05, 0.1) is 29.0 Å². The average Bonchev–Trinajstić information content (AvgIpc) is 3.34. The van der Waals surface area contributed by atoms with Crippen LogP contribution in [-0.4, -0.2) is 19.7 Å². The van der Waals surface area contributed by atoms with Crippen molar-refractivity contribution in [2.45, 2.75) is 26.9 Å². The first-order valence-corrected chi connectivity index (χ1v) is 10.3. The molecule has 0 bridgehead atoms. The van der Waals surface area contributed by atoms with E-state index in [4.69, 9.17) is 9.51 Å². The lowest BCUT2D eigenvalue weighted by atomic mass is 10.0. The highest BCUT2D eigenvalue weighted by atomic mass is 16.5. The number of aryl methyl sites for hydroxylation is 2. The van der Waals surface area contributed by atoms with Crippen molar-refractivity contribution in [3.8, 4) is 22.3 Å². The van der Waals surface area contributed by atoms with E-state index < -0.39 is 0 Å². The average molecular weight is 423 g/mol. The first-order chi connectivity index (χ1) is 15.6. The Hall–Kier alpha value is -4.13. The molecule has 0 saturated carbocycles. The molecular formula is C25H21N5O2. The molecule has 5 rings (SSSR count). The fourth-order valence-corrected chi connectivity index (χ4v) is 4.07. The zero-order valence-electron chi connectivity index (χ0n) is 17.8. The van der Waals surface area contributed by atoms with Gasteiger partial charge in [0.1, 0.15) is 12.3 Å². The third-order valence-corrected chi connectivity index (χ3v) is 5.61. The van der Waals surface area contributed by atoms with Gasteiger partial charge in [-0.1, -0.05) is 40.7 Å². The van der Waals surface area contributed by atoms with E-state index in [1.807, 2.05) is 62.5 Å². The molecule has 158 valence electrons. The van der Waals surface area contributed by atoms with Gasteiger partial charge < -0.3 is 9.09 Å². The molecule has 0 spiro atoms. The fraction of sp³-hybridized carbons (Fsp3) is 0.160. The van der Waals surface area contributed by atoms with Gasteiger partial charge in [0.25, 0.3) is 0 Å². The molecule has 0 radical (unpaired) electrons. The number of hydrogen-bond donors (Lipinski definition) is 0. The summed E-state index contributed by atoms with van der Waals surface area (Å²) in [5.74, 6) is 0.770. The summed E-state index contributed by atoms with van der Waals surface area (Å²) in [6.07, 6.45) is 5.78. The second-order valence-corrected chi connectivity index (χ2v) is 7.77. The van der Waals surface area contributed by atoms with Crippen LogP contribution in [-0.2, 0) is 13.1 Å². The Kier molecular flexibility index (Phi) is 5.07. The molecule has 7 nitrogen and oxygen atoms in total. The van der Waals surface area contributed by atoms with Crippen molar-refractivity contribution in [1.82, 2.24) is 19.7 Å².